The van der Waals surface area contributed by atoms with Crippen LogP contribution in [0.1, 0.15) is 70.6 Å². The monoisotopic (exact) mass is 439 g/mol. The minimum Gasteiger partial charge on any atom is -0.481 e. The second-order valence-electron chi connectivity index (χ2n) is 7.90. The molecular weight excluding hydrogens is 402 g/mol. The summed E-state index contributed by atoms with van der Waals surface area (Å²) in [7, 11) is 1.62. The van der Waals surface area contributed by atoms with Crippen LogP contribution < -0.4 is 21.5 Å². The molecule has 1 aromatic carbocycles. The highest BCUT2D eigenvalue weighted by Crippen LogP contribution is 2.13. The zero-order chi connectivity index (χ0) is 23.1. The fourth-order valence-corrected chi connectivity index (χ4v) is 3.58. The third kappa shape index (κ3) is 11.0. The van der Waals surface area contributed by atoms with Gasteiger partial charge >= 0.3 is 11.9 Å². The number of nitrogens with one attached hydrogen (secondary N) is 2. The van der Waals surface area contributed by atoms with Gasteiger partial charge < -0.3 is 25.7 Å². The van der Waals surface area contributed by atoms with E-state index in [1.807, 2.05) is 0 Å². The Labute approximate surface area is 183 Å². The first-order valence-electron chi connectivity index (χ1n) is 11.3. The molecule has 9 heteroatoms. The Morgan fingerprint density at radius 1 is 0.710 bits per heavy atom. The van der Waals surface area contributed by atoms with E-state index in [-0.39, 0.29) is 12.8 Å². The number of carbonyl (C=O) groups is 2. The molecule has 0 aliphatic rings. The lowest BCUT2D eigenvalue weighted by Crippen LogP contribution is -2.37. The second kappa shape index (κ2) is 15.4. The van der Waals surface area contributed by atoms with Crippen LogP contribution in [0.4, 0.5) is 11.4 Å². The van der Waals surface area contributed by atoms with E-state index in [0.717, 1.165) is 71.0 Å². The van der Waals surface area contributed by atoms with Gasteiger partial charge in [0.1, 0.15) is 11.4 Å². The van der Waals surface area contributed by atoms with Gasteiger partial charge in [0.15, 0.2) is 0 Å². The first-order chi connectivity index (χ1) is 14.9. The van der Waals surface area contributed by atoms with E-state index >= 15 is 0 Å². The van der Waals surface area contributed by atoms with Crippen LogP contribution in [0.3, 0.4) is 0 Å². The first kappa shape index (κ1) is 26.6. The van der Waals surface area contributed by atoms with E-state index in [9.17, 15) is 19.2 Å². The van der Waals surface area contributed by atoms with Gasteiger partial charge in [0.25, 0.3) is 10.9 Å². The maximum Gasteiger partial charge on any atom is 0.303 e. The first-order valence-corrected chi connectivity index (χ1v) is 11.3. The Hall–Kier alpha value is -2.42. The molecule has 31 heavy (non-hydrogen) atoms. The standard InChI is InChI=1S/C22H37N3O6/c1-23-19-20(22(31)21(19)30)24-13-10-16-25(15-9-5-7-12-18(28)29)14-8-4-2-3-6-11-17(26)27/h23-24H,2-16H2,1H3,(H,26,27)(H,28,29). The average Bonchev–Trinajstić information content (AvgIpc) is 2.73. The molecule has 9 nitrogen and oxygen atoms in total. The van der Waals surface area contributed by atoms with Gasteiger partial charge in [-0.1, -0.05) is 25.7 Å². The van der Waals surface area contributed by atoms with Crippen molar-refractivity contribution in [2.24, 2.45) is 0 Å². The van der Waals surface area contributed by atoms with Crippen LogP contribution in [0, 0.1) is 0 Å². The summed E-state index contributed by atoms with van der Waals surface area (Å²) in [5.41, 5.74) is -0.226. The molecule has 0 atom stereocenters. The number of aliphatic carboxylic acids is 2. The lowest BCUT2D eigenvalue weighted by molar-refractivity contribution is -0.138. The van der Waals surface area contributed by atoms with E-state index in [1.54, 1.807) is 7.05 Å². The number of carboxylic acids is 2. The molecule has 0 bridgehead atoms. The third-order valence-corrected chi connectivity index (χ3v) is 5.34. The highest BCUT2D eigenvalue weighted by molar-refractivity contribution is 5.73. The van der Waals surface area contributed by atoms with Crippen molar-refractivity contribution in [2.45, 2.75) is 70.6 Å². The van der Waals surface area contributed by atoms with E-state index in [1.165, 1.54) is 0 Å². The molecule has 0 aromatic heterocycles. The molecular formula is C22H37N3O6. The molecule has 0 heterocycles. The van der Waals surface area contributed by atoms with Crippen molar-refractivity contribution >= 4 is 23.3 Å². The molecule has 1 rings (SSSR count). The molecule has 176 valence electrons. The zero-order valence-corrected chi connectivity index (χ0v) is 18.6. The SMILES string of the molecule is CNc1c(NCCCN(CCCCCCCC(=O)O)CCCCCC(=O)O)c(=O)c1=O. The maximum absolute atomic E-state index is 11.6. The summed E-state index contributed by atoms with van der Waals surface area (Å²) in [6.45, 7) is 3.31. The van der Waals surface area contributed by atoms with Crippen LogP contribution in [-0.4, -0.2) is 60.3 Å². The average molecular weight is 440 g/mol. The van der Waals surface area contributed by atoms with Crippen molar-refractivity contribution in [1.82, 2.24) is 4.90 Å². The largest absolute Gasteiger partial charge is 0.481 e. The Balaban J connectivity index is 2.31. The lowest BCUT2D eigenvalue weighted by Gasteiger charge is -2.23. The third-order valence-electron chi connectivity index (χ3n) is 5.34. The summed E-state index contributed by atoms with van der Waals surface area (Å²) in [4.78, 5) is 46.5. The van der Waals surface area contributed by atoms with Gasteiger partial charge in [0.05, 0.1) is 0 Å². The molecule has 4 N–H and O–H groups in total. The fraction of sp³-hybridized carbons (Fsp3) is 0.727. The van der Waals surface area contributed by atoms with Gasteiger partial charge in [-0.15, -0.1) is 0 Å². The van der Waals surface area contributed by atoms with Gasteiger partial charge in [0, 0.05) is 26.4 Å². The summed E-state index contributed by atoms with van der Waals surface area (Å²) in [6.07, 6.45) is 8.55. The van der Waals surface area contributed by atoms with Crippen LogP contribution in [0.5, 0.6) is 0 Å². The van der Waals surface area contributed by atoms with Crippen LogP contribution in [0.15, 0.2) is 9.59 Å². The van der Waals surface area contributed by atoms with Crippen molar-refractivity contribution in [3.05, 3.63) is 20.4 Å². The van der Waals surface area contributed by atoms with Gasteiger partial charge in [-0.3, -0.25) is 19.2 Å². The zero-order valence-electron chi connectivity index (χ0n) is 18.6. The summed E-state index contributed by atoms with van der Waals surface area (Å²) >= 11 is 0. The van der Waals surface area contributed by atoms with Gasteiger partial charge in [-0.05, 0) is 51.7 Å². The highest BCUT2D eigenvalue weighted by Gasteiger charge is 2.18. The number of unbranched alkanes of at least 4 members (excludes halogenated alkanes) is 6. The number of anilines is 2. The van der Waals surface area contributed by atoms with Crippen molar-refractivity contribution in [1.29, 1.82) is 0 Å². The van der Waals surface area contributed by atoms with Crippen molar-refractivity contribution in [3.8, 4) is 0 Å². The highest BCUT2D eigenvalue weighted by atomic mass is 16.4. The number of hydrogen-bond acceptors (Lipinski definition) is 7. The molecule has 0 unspecified atom stereocenters. The van der Waals surface area contributed by atoms with E-state index < -0.39 is 22.8 Å². The minimum atomic E-state index is -0.759. The summed E-state index contributed by atoms with van der Waals surface area (Å²) in [5, 5.41) is 23.2. The quantitative estimate of drug-likeness (QED) is 0.178. The molecule has 0 saturated carbocycles. The fourth-order valence-electron chi connectivity index (χ4n) is 3.58. The topological polar surface area (TPSA) is 136 Å². The molecule has 1 aromatic rings. The normalized spacial score (nSPS) is 11.2. The number of carboxylic acid groups (broad SMARTS) is 2. The second-order valence-corrected chi connectivity index (χ2v) is 7.90. The Morgan fingerprint density at radius 3 is 1.71 bits per heavy atom. The van der Waals surface area contributed by atoms with E-state index in [0.29, 0.717) is 24.3 Å². The minimum absolute atomic E-state index is 0.204. The van der Waals surface area contributed by atoms with Gasteiger partial charge in [0.2, 0.25) is 0 Å². The molecule has 0 aliphatic carbocycles. The Morgan fingerprint density at radius 2 is 1.16 bits per heavy atom. The van der Waals surface area contributed by atoms with Crippen molar-refractivity contribution in [2.75, 3.05) is 43.9 Å². The van der Waals surface area contributed by atoms with Crippen LogP contribution >= 0.6 is 0 Å². The van der Waals surface area contributed by atoms with E-state index in [4.69, 9.17) is 10.2 Å². The molecule has 0 aliphatic heterocycles. The molecule has 0 saturated heterocycles. The summed E-state index contributed by atoms with van der Waals surface area (Å²) < 4.78 is 0. The van der Waals surface area contributed by atoms with Crippen LogP contribution in [0.2, 0.25) is 0 Å². The Bertz CT molecular complexity index is 742. The predicted octanol–water partition coefficient (Wildman–Crippen LogP) is 2.50. The lowest BCUT2D eigenvalue weighted by atomic mass is 10.1. The molecule has 0 fully saturated rings. The molecule has 0 radical (unpaired) electrons. The van der Waals surface area contributed by atoms with Crippen LogP contribution in [0.25, 0.3) is 0 Å². The number of hydrogen-bond donors (Lipinski definition) is 4. The predicted molar refractivity (Wildman–Crippen MR) is 122 cm³/mol. The van der Waals surface area contributed by atoms with Crippen molar-refractivity contribution in [3.63, 3.8) is 0 Å². The summed E-state index contributed by atoms with van der Waals surface area (Å²) in [6, 6.07) is 0. The smallest absolute Gasteiger partial charge is 0.303 e. The summed E-state index contributed by atoms with van der Waals surface area (Å²) in [5.74, 6) is -1.50. The number of nitrogens with zero attached hydrogens (tertiary/aromatic N) is 1. The van der Waals surface area contributed by atoms with Crippen LogP contribution in [-0.2, 0) is 9.59 Å². The Kier molecular flexibility index (Phi) is 13.2. The molecule has 0 spiro atoms. The van der Waals surface area contributed by atoms with Gasteiger partial charge in [-0.2, -0.15) is 0 Å². The maximum atomic E-state index is 11.6. The van der Waals surface area contributed by atoms with E-state index in [2.05, 4.69) is 15.5 Å². The number of rotatable bonds is 20. The van der Waals surface area contributed by atoms with Gasteiger partial charge in [-0.25, -0.2) is 0 Å². The van der Waals surface area contributed by atoms with Crippen molar-refractivity contribution < 1.29 is 19.8 Å². The molecule has 0 amide bonds.